The molecule has 1 aliphatic carbocycles. The van der Waals surface area contributed by atoms with Crippen LogP contribution in [0.15, 0.2) is 0 Å². The van der Waals surface area contributed by atoms with E-state index in [1.165, 1.54) is 19.3 Å². The quantitative estimate of drug-likeness (QED) is 0.726. The van der Waals surface area contributed by atoms with Crippen molar-refractivity contribution in [2.75, 3.05) is 13.2 Å². The Kier molecular flexibility index (Phi) is 3.97. The Morgan fingerprint density at radius 3 is 2.56 bits per heavy atom. The van der Waals surface area contributed by atoms with Gasteiger partial charge in [-0.1, -0.05) is 36.7 Å². The van der Waals surface area contributed by atoms with Gasteiger partial charge in [0, 0.05) is 0 Å². The summed E-state index contributed by atoms with van der Waals surface area (Å²) in [5.41, 5.74) is 0.434. The van der Waals surface area contributed by atoms with Gasteiger partial charge in [0.15, 0.2) is 0 Å². The molecule has 0 aromatic heterocycles. The number of hydrogen-bond donors (Lipinski definition) is 0. The summed E-state index contributed by atoms with van der Waals surface area (Å²) < 4.78 is 11.6. The molecule has 3 heteroatoms. The van der Waals surface area contributed by atoms with Crippen LogP contribution in [0, 0.1) is 11.3 Å². The molecule has 2 aliphatic rings. The minimum atomic E-state index is 0.256. The van der Waals surface area contributed by atoms with E-state index in [0.29, 0.717) is 16.3 Å². The van der Waals surface area contributed by atoms with Crippen molar-refractivity contribution in [3.05, 3.63) is 0 Å². The zero-order valence-corrected chi connectivity index (χ0v) is 12.1. The van der Waals surface area contributed by atoms with Crippen LogP contribution in [-0.4, -0.2) is 30.2 Å². The first-order chi connectivity index (χ1) is 7.46. The highest BCUT2D eigenvalue weighted by Crippen LogP contribution is 2.40. The average molecular weight is 291 g/mol. The van der Waals surface area contributed by atoms with E-state index < -0.39 is 0 Å². The van der Waals surface area contributed by atoms with Gasteiger partial charge in [-0.25, -0.2) is 0 Å². The van der Waals surface area contributed by atoms with Crippen LogP contribution in [0.1, 0.15) is 40.0 Å². The third kappa shape index (κ3) is 3.21. The molecular weight excluding hydrogens is 268 g/mol. The summed E-state index contributed by atoms with van der Waals surface area (Å²) >= 11 is 3.63. The van der Waals surface area contributed by atoms with E-state index in [1.54, 1.807) is 0 Å². The lowest BCUT2D eigenvalue weighted by molar-refractivity contribution is -0.0642. The first kappa shape index (κ1) is 12.8. The molecule has 2 nitrogen and oxygen atoms in total. The monoisotopic (exact) mass is 290 g/mol. The molecule has 0 spiro atoms. The van der Waals surface area contributed by atoms with E-state index in [2.05, 4.69) is 36.7 Å². The number of ether oxygens (including phenoxy) is 2. The first-order valence-electron chi connectivity index (χ1n) is 6.33. The Morgan fingerprint density at radius 1 is 1.25 bits per heavy atom. The number of hydrogen-bond acceptors (Lipinski definition) is 2. The summed E-state index contributed by atoms with van der Waals surface area (Å²) in [6.07, 6.45) is 4.40. The van der Waals surface area contributed by atoms with Crippen LogP contribution in [0.3, 0.4) is 0 Å². The fraction of sp³-hybridized carbons (Fsp3) is 1.00. The third-order valence-electron chi connectivity index (χ3n) is 3.68. The molecular formula is C13H23BrO2. The van der Waals surface area contributed by atoms with Crippen LogP contribution < -0.4 is 0 Å². The minimum absolute atomic E-state index is 0.256. The highest BCUT2D eigenvalue weighted by atomic mass is 79.9. The molecule has 0 aromatic carbocycles. The summed E-state index contributed by atoms with van der Waals surface area (Å²) in [5.74, 6) is 0.782. The van der Waals surface area contributed by atoms with Crippen LogP contribution in [-0.2, 0) is 9.47 Å². The Morgan fingerprint density at radius 2 is 2.00 bits per heavy atom. The molecule has 0 N–H and O–H groups in total. The zero-order valence-electron chi connectivity index (χ0n) is 10.5. The lowest BCUT2D eigenvalue weighted by atomic mass is 9.71. The Bertz CT molecular complexity index is 242. The van der Waals surface area contributed by atoms with E-state index in [4.69, 9.17) is 9.47 Å². The fourth-order valence-electron chi connectivity index (χ4n) is 3.24. The summed E-state index contributed by atoms with van der Waals surface area (Å²) in [7, 11) is 0. The fourth-order valence-corrected chi connectivity index (χ4v) is 3.71. The molecule has 0 aromatic rings. The van der Waals surface area contributed by atoms with Crippen molar-refractivity contribution in [1.82, 2.24) is 0 Å². The van der Waals surface area contributed by atoms with E-state index >= 15 is 0 Å². The highest BCUT2D eigenvalue weighted by molar-refractivity contribution is 9.09. The van der Waals surface area contributed by atoms with Crippen molar-refractivity contribution < 1.29 is 9.47 Å². The summed E-state index contributed by atoms with van der Waals surface area (Å²) in [6.45, 7) is 8.59. The van der Waals surface area contributed by atoms with Gasteiger partial charge in [-0.15, -0.1) is 0 Å². The topological polar surface area (TPSA) is 18.5 Å². The zero-order chi connectivity index (χ0) is 11.8. The van der Waals surface area contributed by atoms with E-state index in [-0.39, 0.29) is 6.10 Å². The maximum Gasteiger partial charge on any atom is 0.0959 e. The van der Waals surface area contributed by atoms with Crippen LogP contribution in [0.2, 0.25) is 0 Å². The van der Waals surface area contributed by atoms with Crippen LogP contribution in [0.25, 0.3) is 0 Å². The second-order valence-electron chi connectivity index (χ2n) is 6.26. The maximum atomic E-state index is 6.20. The molecule has 2 rings (SSSR count). The summed E-state index contributed by atoms with van der Waals surface area (Å²) in [5, 5.41) is 0. The van der Waals surface area contributed by atoms with Gasteiger partial charge in [0.1, 0.15) is 0 Å². The lowest BCUT2D eigenvalue weighted by Gasteiger charge is -2.39. The molecule has 0 amide bonds. The van der Waals surface area contributed by atoms with Crippen molar-refractivity contribution in [1.29, 1.82) is 0 Å². The smallest absolute Gasteiger partial charge is 0.0959 e. The van der Waals surface area contributed by atoms with Gasteiger partial charge in [-0.05, 0) is 30.6 Å². The summed E-state index contributed by atoms with van der Waals surface area (Å²) in [6, 6.07) is 0. The molecule has 16 heavy (non-hydrogen) atoms. The lowest BCUT2D eigenvalue weighted by Crippen LogP contribution is -2.37. The number of rotatable bonds is 2. The molecule has 4 atom stereocenters. The number of halogens is 1. The van der Waals surface area contributed by atoms with E-state index in [0.717, 1.165) is 19.1 Å². The normalized spacial score (nSPS) is 43.5. The second kappa shape index (κ2) is 4.95. The molecule has 1 heterocycles. The third-order valence-corrected chi connectivity index (χ3v) is 4.53. The van der Waals surface area contributed by atoms with Gasteiger partial charge in [-0.2, -0.15) is 0 Å². The van der Waals surface area contributed by atoms with Gasteiger partial charge in [-0.3, -0.25) is 0 Å². The van der Waals surface area contributed by atoms with Gasteiger partial charge >= 0.3 is 0 Å². The predicted molar refractivity (Wildman–Crippen MR) is 69.0 cm³/mol. The molecule has 1 aliphatic heterocycles. The van der Waals surface area contributed by atoms with Crippen LogP contribution >= 0.6 is 15.9 Å². The van der Waals surface area contributed by atoms with Gasteiger partial charge in [0.2, 0.25) is 0 Å². The predicted octanol–water partition coefficient (Wildman–Crippen LogP) is 3.38. The van der Waals surface area contributed by atoms with Crippen molar-refractivity contribution in [2.45, 2.75) is 57.1 Å². The standard InChI is InChI=1S/C13H23BrO2/c1-9-4-10(6-13(2,3)5-9)16-12-8-15-7-11(12)14/h9-12H,4-8H2,1-3H3. The van der Waals surface area contributed by atoms with E-state index in [1.807, 2.05) is 0 Å². The van der Waals surface area contributed by atoms with Crippen LogP contribution in [0.5, 0.6) is 0 Å². The molecule has 1 saturated carbocycles. The van der Waals surface area contributed by atoms with Gasteiger partial charge < -0.3 is 9.47 Å². The van der Waals surface area contributed by atoms with Crippen molar-refractivity contribution in [3.8, 4) is 0 Å². The molecule has 4 unspecified atom stereocenters. The second-order valence-corrected chi connectivity index (χ2v) is 7.44. The molecule has 94 valence electrons. The van der Waals surface area contributed by atoms with Gasteiger partial charge in [0.25, 0.3) is 0 Å². The average Bonchev–Trinajstić information content (AvgIpc) is 2.48. The molecule has 2 fully saturated rings. The maximum absolute atomic E-state index is 6.20. The Labute approximate surface area is 107 Å². The Hall–Kier alpha value is 0.400. The van der Waals surface area contributed by atoms with Crippen LogP contribution in [0.4, 0.5) is 0 Å². The molecule has 1 saturated heterocycles. The largest absolute Gasteiger partial charge is 0.377 e. The highest BCUT2D eigenvalue weighted by Gasteiger charge is 2.36. The molecule has 0 bridgehead atoms. The Balaban J connectivity index is 1.89. The molecule has 0 radical (unpaired) electrons. The SMILES string of the molecule is CC1CC(OC2COCC2Br)CC(C)(C)C1. The van der Waals surface area contributed by atoms with Crippen molar-refractivity contribution >= 4 is 15.9 Å². The first-order valence-corrected chi connectivity index (χ1v) is 7.25. The van der Waals surface area contributed by atoms with E-state index in [9.17, 15) is 0 Å². The van der Waals surface area contributed by atoms with Gasteiger partial charge in [0.05, 0.1) is 30.2 Å². The number of alkyl halides is 1. The summed E-state index contributed by atoms with van der Waals surface area (Å²) in [4.78, 5) is 0.382. The van der Waals surface area contributed by atoms with Crippen molar-refractivity contribution in [2.24, 2.45) is 11.3 Å². The minimum Gasteiger partial charge on any atom is -0.377 e. The van der Waals surface area contributed by atoms with Crippen molar-refractivity contribution in [3.63, 3.8) is 0 Å².